The molecule has 1 aromatic rings. The molecular formula is C9H9BrClFO2S. The van der Waals surface area contributed by atoms with Gasteiger partial charge in [-0.2, -0.15) is 0 Å². The first kappa shape index (κ1) is 12.9. The first-order valence-electron chi connectivity index (χ1n) is 4.22. The van der Waals surface area contributed by atoms with E-state index in [1.807, 2.05) is 0 Å². The Hall–Kier alpha value is -0.130. The lowest BCUT2D eigenvalue weighted by Gasteiger charge is -2.05. The van der Waals surface area contributed by atoms with Crippen molar-refractivity contribution in [1.82, 2.24) is 0 Å². The molecule has 0 saturated heterocycles. The minimum atomic E-state index is -3.60. The van der Waals surface area contributed by atoms with Gasteiger partial charge in [0.15, 0.2) is 0 Å². The predicted octanol–water partition coefficient (Wildman–Crippen LogP) is 3.22. The quantitative estimate of drug-likeness (QED) is 0.803. The first-order valence-corrected chi connectivity index (χ1v) is 7.49. The highest BCUT2D eigenvalue weighted by molar-refractivity contribution is 9.10. The Morgan fingerprint density at radius 2 is 2.07 bits per heavy atom. The molecule has 0 unspecified atom stereocenters. The molecule has 0 heterocycles. The van der Waals surface area contributed by atoms with E-state index in [4.69, 9.17) is 10.7 Å². The summed E-state index contributed by atoms with van der Waals surface area (Å²) in [6.07, 6.45) is 0.501. The van der Waals surface area contributed by atoms with Gasteiger partial charge >= 0.3 is 0 Å². The second kappa shape index (κ2) is 4.80. The Kier molecular flexibility index (Phi) is 4.14. The van der Waals surface area contributed by atoms with E-state index < -0.39 is 9.05 Å². The van der Waals surface area contributed by atoms with Crippen LogP contribution in [-0.2, 0) is 21.2 Å². The fraction of sp³-hybridized carbons (Fsp3) is 0.333. The fourth-order valence-electron chi connectivity index (χ4n) is 1.25. The van der Waals surface area contributed by atoms with Crippen molar-refractivity contribution in [2.24, 2.45) is 0 Å². The molecule has 0 amide bonds. The number of halogens is 3. The van der Waals surface area contributed by atoms with E-state index >= 15 is 0 Å². The molecule has 0 aliphatic carbocycles. The smallest absolute Gasteiger partial charge is 0.212 e. The summed E-state index contributed by atoms with van der Waals surface area (Å²) >= 11 is 3.03. The van der Waals surface area contributed by atoms with Crippen LogP contribution in [0.1, 0.15) is 18.1 Å². The van der Waals surface area contributed by atoms with Gasteiger partial charge < -0.3 is 0 Å². The summed E-state index contributed by atoms with van der Waals surface area (Å²) in [5, 5.41) is 0. The fourth-order valence-corrected chi connectivity index (χ4v) is 2.74. The lowest BCUT2D eigenvalue weighted by atomic mass is 10.1. The highest BCUT2D eigenvalue weighted by Gasteiger charge is 2.12. The van der Waals surface area contributed by atoms with Crippen molar-refractivity contribution in [3.8, 4) is 0 Å². The molecule has 15 heavy (non-hydrogen) atoms. The average molecular weight is 316 g/mol. The van der Waals surface area contributed by atoms with Gasteiger partial charge in [0.1, 0.15) is 5.82 Å². The molecule has 84 valence electrons. The maximum atomic E-state index is 13.4. The molecule has 0 atom stereocenters. The summed E-state index contributed by atoms with van der Waals surface area (Å²) in [6.45, 7) is 1.80. The van der Waals surface area contributed by atoms with Gasteiger partial charge in [-0.25, -0.2) is 12.8 Å². The maximum absolute atomic E-state index is 13.4. The van der Waals surface area contributed by atoms with E-state index in [0.717, 1.165) is 0 Å². The van der Waals surface area contributed by atoms with Crippen molar-refractivity contribution in [2.75, 3.05) is 0 Å². The number of rotatable bonds is 3. The van der Waals surface area contributed by atoms with Crippen LogP contribution in [0.25, 0.3) is 0 Å². The van der Waals surface area contributed by atoms with Crippen molar-refractivity contribution in [3.05, 3.63) is 33.5 Å². The zero-order valence-electron chi connectivity index (χ0n) is 7.93. The first-order chi connectivity index (χ1) is 6.83. The van der Waals surface area contributed by atoms with Crippen molar-refractivity contribution < 1.29 is 12.8 Å². The highest BCUT2D eigenvalue weighted by Crippen LogP contribution is 2.23. The monoisotopic (exact) mass is 314 g/mol. The molecule has 0 aliphatic heterocycles. The molecule has 0 N–H and O–H groups in total. The average Bonchev–Trinajstić information content (AvgIpc) is 2.08. The Morgan fingerprint density at radius 1 is 1.47 bits per heavy atom. The van der Waals surface area contributed by atoms with Crippen molar-refractivity contribution >= 4 is 35.7 Å². The third-order valence-electron chi connectivity index (χ3n) is 1.88. The molecule has 6 heteroatoms. The second-order valence-electron chi connectivity index (χ2n) is 3.09. The van der Waals surface area contributed by atoms with E-state index in [2.05, 4.69) is 15.9 Å². The van der Waals surface area contributed by atoms with Crippen molar-refractivity contribution in [1.29, 1.82) is 0 Å². The topological polar surface area (TPSA) is 34.1 Å². The molecule has 0 aromatic heterocycles. The second-order valence-corrected chi connectivity index (χ2v) is 6.72. The third-order valence-corrected chi connectivity index (χ3v) is 3.47. The summed E-state index contributed by atoms with van der Waals surface area (Å²) < 4.78 is 35.4. The SMILES string of the molecule is CCc1cc(CS(=O)(=O)Cl)cc(Br)c1F. The van der Waals surface area contributed by atoms with E-state index in [9.17, 15) is 12.8 Å². The van der Waals surface area contributed by atoms with Gasteiger partial charge in [0.25, 0.3) is 0 Å². The number of aryl methyl sites for hydroxylation is 1. The standard InChI is InChI=1S/C9H9BrClFO2S/c1-2-7-3-6(5-15(11,13)14)4-8(10)9(7)12/h3-4H,2,5H2,1H3. The van der Waals surface area contributed by atoms with Gasteiger partial charge in [-0.05, 0) is 39.5 Å². The zero-order chi connectivity index (χ0) is 11.6. The highest BCUT2D eigenvalue weighted by atomic mass is 79.9. The molecule has 0 radical (unpaired) electrons. The summed E-state index contributed by atoms with van der Waals surface area (Å²) in [7, 11) is 1.52. The zero-order valence-corrected chi connectivity index (χ0v) is 11.1. The Morgan fingerprint density at radius 3 is 2.53 bits per heavy atom. The number of benzene rings is 1. The predicted molar refractivity (Wildman–Crippen MR) is 62.0 cm³/mol. The van der Waals surface area contributed by atoms with Crippen LogP contribution in [0.3, 0.4) is 0 Å². The van der Waals surface area contributed by atoms with Crippen LogP contribution < -0.4 is 0 Å². The van der Waals surface area contributed by atoms with E-state index in [0.29, 0.717) is 17.5 Å². The summed E-state index contributed by atoms with van der Waals surface area (Å²) in [4.78, 5) is 0. The van der Waals surface area contributed by atoms with Crippen LogP contribution in [0.5, 0.6) is 0 Å². The molecule has 1 aromatic carbocycles. The Bertz CT molecular complexity index is 473. The Balaban J connectivity index is 3.17. The van der Waals surface area contributed by atoms with Gasteiger partial charge in [0, 0.05) is 10.7 Å². The van der Waals surface area contributed by atoms with Crippen LogP contribution in [0.15, 0.2) is 16.6 Å². The third kappa shape index (κ3) is 3.74. The molecule has 2 nitrogen and oxygen atoms in total. The number of hydrogen-bond acceptors (Lipinski definition) is 2. The van der Waals surface area contributed by atoms with E-state index in [1.165, 1.54) is 12.1 Å². The van der Waals surface area contributed by atoms with E-state index in [-0.39, 0.29) is 16.0 Å². The van der Waals surface area contributed by atoms with Gasteiger partial charge in [-0.1, -0.05) is 13.0 Å². The normalized spacial score (nSPS) is 11.7. The molecule has 0 fully saturated rings. The summed E-state index contributed by atoms with van der Waals surface area (Å²) in [5.41, 5.74) is 0.954. The van der Waals surface area contributed by atoms with Crippen LogP contribution in [-0.4, -0.2) is 8.42 Å². The molecule has 0 aliphatic rings. The lowest BCUT2D eigenvalue weighted by Crippen LogP contribution is -1.98. The molecule has 0 bridgehead atoms. The van der Waals surface area contributed by atoms with Crippen LogP contribution in [0.2, 0.25) is 0 Å². The van der Waals surface area contributed by atoms with Gasteiger partial charge in [-0.15, -0.1) is 0 Å². The lowest BCUT2D eigenvalue weighted by molar-refractivity contribution is 0.602. The maximum Gasteiger partial charge on any atom is 0.236 e. The Labute approximate surface area is 101 Å². The van der Waals surface area contributed by atoms with Crippen molar-refractivity contribution in [2.45, 2.75) is 19.1 Å². The van der Waals surface area contributed by atoms with Crippen LogP contribution in [0, 0.1) is 5.82 Å². The largest absolute Gasteiger partial charge is 0.236 e. The summed E-state index contributed by atoms with van der Waals surface area (Å²) in [6, 6.07) is 2.94. The van der Waals surface area contributed by atoms with Crippen LogP contribution in [0.4, 0.5) is 4.39 Å². The molecule has 1 rings (SSSR count). The molecular weight excluding hydrogens is 307 g/mol. The van der Waals surface area contributed by atoms with Crippen molar-refractivity contribution in [3.63, 3.8) is 0 Å². The molecule has 0 saturated carbocycles. The summed E-state index contributed by atoms with van der Waals surface area (Å²) in [5.74, 6) is -0.645. The van der Waals surface area contributed by atoms with E-state index in [1.54, 1.807) is 6.92 Å². The molecule has 0 spiro atoms. The van der Waals surface area contributed by atoms with Gasteiger partial charge in [-0.3, -0.25) is 0 Å². The number of hydrogen-bond donors (Lipinski definition) is 0. The van der Waals surface area contributed by atoms with Gasteiger partial charge in [0.2, 0.25) is 9.05 Å². The van der Waals surface area contributed by atoms with Gasteiger partial charge in [0.05, 0.1) is 10.2 Å². The minimum Gasteiger partial charge on any atom is -0.212 e. The van der Waals surface area contributed by atoms with Crippen LogP contribution >= 0.6 is 26.6 Å². The minimum absolute atomic E-state index is 0.261.